The molecule has 0 saturated carbocycles. The van der Waals surface area contributed by atoms with Crippen molar-refractivity contribution in [1.29, 1.82) is 0 Å². The summed E-state index contributed by atoms with van der Waals surface area (Å²) in [5.74, 6) is 0. The highest BCUT2D eigenvalue weighted by Gasteiger charge is 2.08. The predicted molar refractivity (Wildman–Crippen MR) is 66.2 cm³/mol. The number of hydrogen-bond acceptors (Lipinski definition) is 4. The van der Waals surface area contributed by atoms with E-state index in [4.69, 9.17) is 5.73 Å². The van der Waals surface area contributed by atoms with Crippen LogP contribution in [-0.4, -0.2) is 14.8 Å². The lowest BCUT2D eigenvalue weighted by atomic mass is 10.3. The van der Waals surface area contributed by atoms with E-state index in [0.717, 1.165) is 26.6 Å². The van der Waals surface area contributed by atoms with Crippen molar-refractivity contribution in [2.24, 2.45) is 7.05 Å². The highest BCUT2D eigenvalue weighted by Crippen LogP contribution is 2.29. The molecule has 0 atom stereocenters. The van der Waals surface area contributed by atoms with Crippen LogP contribution in [0.4, 0.5) is 5.69 Å². The quantitative estimate of drug-likeness (QED) is 0.652. The first kappa shape index (κ1) is 9.35. The summed E-state index contributed by atoms with van der Waals surface area (Å²) in [6.45, 7) is 0. The molecule has 0 aliphatic carbocycles. The standard InChI is InChI=1S/C11H10N4S/c1-15-5-4-9(14-15)11-13-8-3-2-7(12)6-10(8)16-11/h2-6H,12H2,1H3. The Hall–Kier alpha value is -1.88. The lowest BCUT2D eigenvalue weighted by Gasteiger charge is -1.89. The molecule has 4 nitrogen and oxygen atoms in total. The van der Waals surface area contributed by atoms with Crippen LogP contribution in [0, 0.1) is 0 Å². The van der Waals surface area contributed by atoms with Crippen LogP contribution in [0.25, 0.3) is 20.9 Å². The molecular weight excluding hydrogens is 220 g/mol. The molecular formula is C11H10N4S. The fraction of sp³-hybridized carbons (Fsp3) is 0.0909. The van der Waals surface area contributed by atoms with Crippen LogP contribution in [0.5, 0.6) is 0 Å². The smallest absolute Gasteiger partial charge is 0.145 e. The Morgan fingerprint density at radius 1 is 1.31 bits per heavy atom. The van der Waals surface area contributed by atoms with Gasteiger partial charge in [-0.25, -0.2) is 4.98 Å². The Morgan fingerprint density at radius 2 is 2.19 bits per heavy atom. The number of rotatable bonds is 1. The summed E-state index contributed by atoms with van der Waals surface area (Å²) in [5.41, 5.74) is 8.38. The topological polar surface area (TPSA) is 56.7 Å². The molecule has 0 bridgehead atoms. The van der Waals surface area contributed by atoms with Gasteiger partial charge in [0.15, 0.2) is 0 Å². The highest BCUT2D eigenvalue weighted by molar-refractivity contribution is 7.21. The van der Waals surface area contributed by atoms with E-state index >= 15 is 0 Å². The molecule has 0 spiro atoms. The van der Waals surface area contributed by atoms with Crippen LogP contribution < -0.4 is 5.73 Å². The van der Waals surface area contributed by atoms with Gasteiger partial charge in [0.05, 0.1) is 10.2 Å². The van der Waals surface area contributed by atoms with Gasteiger partial charge in [-0.15, -0.1) is 11.3 Å². The Labute approximate surface area is 96.3 Å². The van der Waals surface area contributed by atoms with E-state index in [1.165, 1.54) is 0 Å². The number of nitrogens with zero attached hydrogens (tertiary/aromatic N) is 3. The minimum absolute atomic E-state index is 0.767. The number of anilines is 1. The van der Waals surface area contributed by atoms with E-state index in [0.29, 0.717) is 0 Å². The Kier molecular flexibility index (Phi) is 1.94. The second-order valence-corrected chi connectivity index (χ2v) is 4.65. The van der Waals surface area contributed by atoms with Gasteiger partial charge in [0.1, 0.15) is 10.7 Å². The summed E-state index contributed by atoms with van der Waals surface area (Å²) in [4.78, 5) is 4.52. The first-order valence-corrected chi connectivity index (χ1v) is 5.70. The second kappa shape index (κ2) is 3.31. The molecule has 0 aliphatic rings. The first-order valence-electron chi connectivity index (χ1n) is 4.88. The minimum atomic E-state index is 0.767. The van der Waals surface area contributed by atoms with Gasteiger partial charge in [0, 0.05) is 18.9 Å². The minimum Gasteiger partial charge on any atom is -0.399 e. The van der Waals surface area contributed by atoms with Crippen molar-refractivity contribution in [2.45, 2.75) is 0 Å². The molecule has 80 valence electrons. The SMILES string of the molecule is Cn1ccc(-c2nc3ccc(N)cc3s2)n1. The molecule has 0 saturated heterocycles. The number of hydrogen-bond donors (Lipinski definition) is 1. The van der Waals surface area contributed by atoms with E-state index in [1.807, 2.05) is 37.5 Å². The monoisotopic (exact) mass is 230 g/mol. The Morgan fingerprint density at radius 3 is 2.94 bits per heavy atom. The van der Waals surface area contributed by atoms with Crippen molar-refractivity contribution in [3.8, 4) is 10.7 Å². The van der Waals surface area contributed by atoms with Crippen LogP contribution in [0.2, 0.25) is 0 Å². The predicted octanol–water partition coefficient (Wildman–Crippen LogP) is 2.28. The largest absolute Gasteiger partial charge is 0.399 e. The van der Waals surface area contributed by atoms with Crippen LogP contribution in [0.3, 0.4) is 0 Å². The van der Waals surface area contributed by atoms with Crippen molar-refractivity contribution in [1.82, 2.24) is 14.8 Å². The van der Waals surface area contributed by atoms with Gasteiger partial charge >= 0.3 is 0 Å². The molecule has 0 fully saturated rings. The van der Waals surface area contributed by atoms with Crippen molar-refractivity contribution < 1.29 is 0 Å². The number of nitrogen functional groups attached to an aromatic ring is 1. The maximum Gasteiger partial charge on any atom is 0.145 e. The first-order chi connectivity index (χ1) is 7.72. The summed E-state index contributed by atoms with van der Waals surface area (Å²) in [5, 5.41) is 5.26. The molecule has 0 radical (unpaired) electrons. The molecule has 5 heteroatoms. The van der Waals surface area contributed by atoms with Crippen molar-refractivity contribution in [2.75, 3.05) is 5.73 Å². The summed E-state index contributed by atoms with van der Waals surface area (Å²) in [7, 11) is 1.90. The third kappa shape index (κ3) is 1.45. The van der Waals surface area contributed by atoms with Crippen LogP contribution in [0.1, 0.15) is 0 Å². The molecule has 2 heterocycles. The van der Waals surface area contributed by atoms with Crippen LogP contribution in [-0.2, 0) is 7.05 Å². The van der Waals surface area contributed by atoms with Gasteiger partial charge < -0.3 is 5.73 Å². The third-order valence-corrected chi connectivity index (χ3v) is 3.39. The van der Waals surface area contributed by atoms with Gasteiger partial charge in [-0.2, -0.15) is 5.10 Å². The lowest BCUT2D eigenvalue weighted by molar-refractivity contribution is 0.771. The zero-order valence-corrected chi connectivity index (χ0v) is 9.53. The van der Waals surface area contributed by atoms with Crippen molar-refractivity contribution >= 4 is 27.2 Å². The molecule has 0 aliphatic heterocycles. The normalized spacial score (nSPS) is 11.1. The third-order valence-electron chi connectivity index (χ3n) is 2.35. The van der Waals surface area contributed by atoms with Gasteiger partial charge in [-0.1, -0.05) is 0 Å². The molecule has 0 unspecified atom stereocenters. The number of fused-ring (bicyclic) bond motifs is 1. The zero-order valence-electron chi connectivity index (χ0n) is 8.71. The molecule has 1 aromatic carbocycles. The summed E-state index contributed by atoms with van der Waals surface area (Å²) in [6, 6.07) is 7.71. The molecule has 2 aromatic heterocycles. The van der Waals surface area contributed by atoms with Gasteiger partial charge in [0.25, 0.3) is 0 Å². The number of aryl methyl sites for hydroxylation is 1. The molecule has 3 rings (SSSR count). The number of benzene rings is 1. The van der Waals surface area contributed by atoms with Crippen LogP contribution >= 0.6 is 11.3 Å². The summed E-state index contributed by atoms with van der Waals surface area (Å²) >= 11 is 1.61. The Balaban J connectivity index is 2.18. The van der Waals surface area contributed by atoms with Crippen molar-refractivity contribution in [3.63, 3.8) is 0 Å². The Bertz CT molecular complexity index is 653. The highest BCUT2D eigenvalue weighted by atomic mass is 32.1. The van der Waals surface area contributed by atoms with Gasteiger partial charge in [0.2, 0.25) is 0 Å². The maximum absolute atomic E-state index is 5.74. The molecule has 2 N–H and O–H groups in total. The number of thiazole rings is 1. The second-order valence-electron chi connectivity index (χ2n) is 3.62. The van der Waals surface area contributed by atoms with Crippen molar-refractivity contribution in [3.05, 3.63) is 30.5 Å². The molecule has 16 heavy (non-hydrogen) atoms. The van der Waals surface area contributed by atoms with E-state index in [9.17, 15) is 0 Å². The van der Waals surface area contributed by atoms with Crippen LogP contribution in [0.15, 0.2) is 30.5 Å². The molecule has 3 aromatic rings. The van der Waals surface area contributed by atoms with E-state index in [-0.39, 0.29) is 0 Å². The lowest BCUT2D eigenvalue weighted by Crippen LogP contribution is -1.87. The number of nitrogens with two attached hydrogens (primary N) is 1. The fourth-order valence-electron chi connectivity index (χ4n) is 1.58. The van der Waals surface area contributed by atoms with E-state index < -0.39 is 0 Å². The molecule has 0 amide bonds. The van der Waals surface area contributed by atoms with E-state index in [1.54, 1.807) is 16.0 Å². The van der Waals surface area contributed by atoms with Gasteiger partial charge in [-0.3, -0.25) is 4.68 Å². The maximum atomic E-state index is 5.74. The zero-order chi connectivity index (χ0) is 11.1. The average molecular weight is 230 g/mol. The number of aromatic nitrogens is 3. The van der Waals surface area contributed by atoms with Gasteiger partial charge in [-0.05, 0) is 24.3 Å². The average Bonchev–Trinajstić information content (AvgIpc) is 2.83. The fourth-order valence-corrected chi connectivity index (χ4v) is 2.56. The van der Waals surface area contributed by atoms with E-state index in [2.05, 4.69) is 10.1 Å². The summed E-state index contributed by atoms with van der Waals surface area (Å²) in [6.07, 6.45) is 1.91. The summed E-state index contributed by atoms with van der Waals surface area (Å²) < 4.78 is 2.87.